The van der Waals surface area contributed by atoms with Gasteiger partial charge in [0, 0.05) is 12.2 Å². The minimum Gasteiger partial charge on any atom is -0.494 e. The first kappa shape index (κ1) is 27.8. The smallest absolute Gasteiger partial charge is 0.138 e. The zero-order valence-electron chi connectivity index (χ0n) is 22.4. The summed E-state index contributed by atoms with van der Waals surface area (Å²) in [4.78, 5) is 0. The normalized spacial score (nSPS) is 12.3. The van der Waals surface area contributed by atoms with Crippen LogP contribution in [0.5, 0.6) is 11.5 Å². The van der Waals surface area contributed by atoms with Gasteiger partial charge < -0.3 is 18.7 Å². The van der Waals surface area contributed by atoms with Gasteiger partial charge in [0.25, 0.3) is 0 Å². The van der Waals surface area contributed by atoms with E-state index in [0.29, 0.717) is 12.6 Å². The van der Waals surface area contributed by atoms with Gasteiger partial charge in [0.1, 0.15) is 30.8 Å². The molecule has 0 N–H and O–H groups in total. The second-order valence-electron chi connectivity index (χ2n) is 10.3. The van der Waals surface area contributed by atoms with Crippen LogP contribution in [0.25, 0.3) is 0 Å². The van der Waals surface area contributed by atoms with Crippen LogP contribution in [0.2, 0.25) is 0 Å². The molecule has 0 radical (unpaired) electrons. The van der Waals surface area contributed by atoms with Crippen molar-refractivity contribution in [2.75, 3.05) is 41.0 Å². The minimum atomic E-state index is 0.365. The molecule has 194 valence electrons. The molecule has 0 unspecified atom stereocenters. The fourth-order valence-electron chi connectivity index (χ4n) is 4.21. The lowest BCUT2D eigenvalue weighted by Gasteiger charge is -2.34. The summed E-state index contributed by atoms with van der Waals surface area (Å²) in [5, 5.41) is 0. The first-order chi connectivity index (χ1) is 17.5. The number of nitrogens with zero attached hydrogens (tertiary/aromatic N) is 1. The van der Waals surface area contributed by atoms with Crippen molar-refractivity contribution in [3.63, 3.8) is 0 Å². The lowest BCUT2D eigenvalue weighted by Crippen LogP contribution is -2.41. The summed E-state index contributed by atoms with van der Waals surface area (Å²) in [5.41, 5.74) is 2.52. The molecule has 0 saturated heterocycles. The predicted octanol–water partition coefficient (Wildman–Crippen LogP) is 7.45. The van der Waals surface area contributed by atoms with E-state index in [2.05, 4.69) is 63.6 Å². The summed E-state index contributed by atoms with van der Waals surface area (Å²) in [5.74, 6) is 1.77. The second kappa shape index (κ2) is 15.3. The Labute approximate surface area is 218 Å². The number of unbranched alkanes of at least 4 members (excludes halogenated alkanes) is 5. The van der Waals surface area contributed by atoms with Crippen molar-refractivity contribution in [2.45, 2.75) is 51.2 Å². The Morgan fingerprint density at radius 1 is 0.583 bits per heavy atom. The highest BCUT2D eigenvalue weighted by Gasteiger charge is 2.25. The van der Waals surface area contributed by atoms with E-state index < -0.39 is 0 Å². The number of likely N-dealkylation sites (N-methyl/N-ethyl adjacent to an activating group) is 1. The van der Waals surface area contributed by atoms with Crippen molar-refractivity contribution in [2.24, 2.45) is 0 Å². The van der Waals surface area contributed by atoms with Gasteiger partial charge in [-0.15, -0.1) is 0 Å². The van der Waals surface area contributed by atoms with Gasteiger partial charge in [-0.1, -0.05) is 86.3 Å². The molecule has 0 aromatic heterocycles. The Bertz CT molecular complexity index is 952. The van der Waals surface area contributed by atoms with E-state index in [-0.39, 0.29) is 0 Å². The molecule has 1 atom stereocenters. The predicted molar refractivity (Wildman–Crippen MR) is 148 cm³/mol. The second-order valence-corrected chi connectivity index (χ2v) is 10.3. The van der Waals surface area contributed by atoms with Crippen LogP contribution in [0.15, 0.2) is 84.9 Å². The topological polar surface area (TPSA) is 27.7 Å². The molecule has 4 heteroatoms. The van der Waals surface area contributed by atoms with Crippen LogP contribution in [0.1, 0.15) is 55.7 Å². The van der Waals surface area contributed by atoms with Gasteiger partial charge in [-0.2, -0.15) is 0 Å². The number of benzene rings is 3. The van der Waals surface area contributed by atoms with Crippen LogP contribution < -0.4 is 9.47 Å². The van der Waals surface area contributed by atoms with Crippen molar-refractivity contribution in [1.29, 1.82) is 0 Å². The Hall–Kier alpha value is -2.82. The first-order valence-electron chi connectivity index (χ1n) is 13.4. The van der Waals surface area contributed by atoms with E-state index in [1.807, 2.05) is 42.5 Å². The summed E-state index contributed by atoms with van der Waals surface area (Å²) in [7, 11) is 6.71. The average Bonchev–Trinajstić information content (AvgIpc) is 2.89. The van der Waals surface area contributed by atoms with E-state index in [4.69, 9.17) is 14.2 Å². The fraction of sp³-hybridized carbons (Fsp3) is 0.438. The summed E-state index contributed by atoms with van der Waals surface area (Å²) in [6.07, 6.45) is 7.16. The number of hydrogen-bond donors (Lipinski definition) is 0. The molecule has 3 aromatic rings. The van der Waals surface area contributed by atoms with Gasteiger partial charge in [-0.05, 0) is 42.7 Å². The average molecular weight is 491 g/mol. The van der Waals surface area contributed by atoms with Crippen LogP contribution in [-0.2, 0) is 11.3 Å². The maximum absolute atomic E-state index is 6.07. The SMILES string of the molecule is C[N+](C)(C)[C@H](COCCCCCCCCOc1ccc(OCc2ccccc2)cc1)c1ccccc1. The van der Waals surface area contributed by atoms with Crippen molar-refractivity contribution in [3.05, 3.63) is 96.1 Å². The molecular formula is C32H44NO3+. The van der Waals surface area contributed by atoms with E-state index in [1.54, 1.807) is 0 Å². The van der Waals surface area contributed by atoms with Crippen molar-refractivity contribution >= 4 is 0 Å². The standard InChI is InChI=1S/C32H44NO3/c1-33(2,3)32(29-18-12-9-13-19-29)27-34-24-14-6-4-5-7-15-25-35-30-20-22-31(23-21-30)36-26-28-16-10-8-11-17-28/h8-13,16-23,32H,4-7,14-15,24-27H2,1-3H3/q+1/t32-/m1/s1. The third-order valence-electron chi connectivity index (χ3n) is 6.42. The Morgan fingerprint density at radius 2 is 1.11 bits per heavy atom. The van der Waals surface area contributed by atoms with E-state index in [9.17, 15) is 0 Å². The number of hydrogen-bond acceptors (Lipinski definition) is 3. The molecular weight excluding hydrogens is 446 g/mol. The van der Waals surface area contributed by atoms with Crippen LogP contribution in [0.3, 0.4) is 0 Å². The molecule has 0 aliphatic heterocycles. The monoisotopic (exact) mass is 490 g/mol. The molecule has 3 rings (SSSR count). The molecule has 3 aromatic carbocycles. The highest BCUT2D eigenvalue weighted by molar-refractivity contribution is 5.31. The zero-order chi connectivity index (χ0) is 25.5. The first-order valence-corrected chi connectivity index (χ1v) is 13.4. The van der Waals surface area contributed by atoms with Gasteiger partial charge in [-0.3, -0.25) is 0 Å². The number of rotatable bonds is 17. The third-order valence-corrected chi connectivity index (χ3v) is 6.42. The summed E-state index contributed by atoms with van der Waals surface area (Å²) < 4.78 is 18.7. The molecule has 0 bridgehead atoms. The lowest BCUT2D eigenvalue weighted by atomic mass is 10.1. The molecule has 36 heavy (non-hydrogen) atoms. The van der Waals surface area contributed by atoms with Gasteiger partial charge in [0.15, 0.2) is 0 Å². The van der Waals surface area contributed by atoms with Gasteiger partial charge in [0.05, 0.1) is 27.7 Å². The fourth-order valence-corrected chi connectivity index (χ4v) is 4.21. The van der Waals surface area contributed by atoms with Crippen molar-refractivity contribution in [3.8, 4) is 11.5 Å². The third kappa shape index (κ3) is 10.4. The minimum absolute atomic E-state index is 0.365. The Morgan fingerprint density at radius 3 is 1.72 bits per heavy atom. The molecule has 0 aliphatic rings. The van der Waals surface area contributed by atoms with Gasteiger partial charge in [-0.25, -0.2) is 0 Å². The van der Waals surface area contributed by atoms with Crippen LogP contribution >= 0.6 is 0 Å². The molecule has 0 saturated carbocycles. The van der Waals surface area contributed by atoms with E-state index in [0.717, 1.165) is 48.6 Å². The van der Waals surface area contributed by atoms with Crippen molar-refractivity contribution in [1.82, 2.24) is 0 Å². The quantitative estimate of drug-likeness (QED) is 0.145. The molecule has 0 fully saturated rings. The van der Waals surface area contributed by atoms with Gasteiger partial charge in [0.2, 0.25) is 0 Å². The van der Waals surface area contributed by atoms with E-state index >= 15 is 0 Å². The van der Waals surface area contributed by atoms with Crippen LogP contribution in [0.4, 0.5) is 0 Å². The summed E-state index contributed by atoms with van der Waals surface area (Å²) in [6, 6.07) is 29.2. The lowest BCUT2D eigenvalue weighted by molar-refractivity contribution is -0.902. The summed E-state index contributed by atoms with van der Waals surface area (Å²) in [6.45, 7) is 2.96. The van der Waals surface area contributed by atoms with Gasteiger partial charge >= 0.3 is 0 Å². The number of ether oxygens (including phenoxy) is 3. The zero-order valence-corrected chi connectivity index (χ0v) is 22.4. The number of quaternary nitrogens is 1. The van der Waals surface area contributed by atoms with Crippen LogP contribution in [-0.4, -0.2) is 45.4 Å². The molecule has 4 nitrogen and oxygen atoms in total. The maximum atomic E-state index is 6.07. The molecule has 0 amide bonds. The van der Waals surface area contributed by atoms with Crippen LogP contribution in [0, 0.1) is 0 Å². The maximum Gasteiger partial charge on any atom is 0.138 e. The highest BCUT2D eigenvalue weighted by atomic mass is 16.5. The molecule has 0 aliphatic carbocycles. The van der Waals surface area contributed by atoms with E-state index in [1.165, 1.54) is 36.8 Å². The Balaban J connectivity index is 1.18. The molecule has 0 spiro atoms. The summed E-state index contributed by atoms with van der Waals surface area (Å²) >= 11 is 0. The highest BCUT2D eigenvalue weighted by Crippen LogP contribution is 2.23. The molecule has 0 heterocycles. The van der Waals surface area contributed by atoms with Crippen molar-refractivity contribution < 1.29 is 18.7 Å². The Kier molecular flexibility index (Phi) is 11.8. The largest absolute Gasteiger partial charge is 0.494 e.